The quantitative estimate of drug-likeness (QED) is 0.802. The summed E-state index contributed by atoms with van der Waals surface area (Å²) in [4.78, 5) is 0. The fourth-order valence-corrected chi connectivity index (χ4v) is 1.26. The molecule has 5 heteroatoms. The van der Waals surface area contributed by atoms with Gasteiger partial charge in [0.2, 0.25) is 0 Å². The molecule has 0 bridgehead atoms. The van der Waals surface area contributed by atoms with Crippen molar-refractivity contribution in [3.05, 3.63) is 29.8 Å². The van der Waals surface area contributed by atoms with Gasteiger partial charge in [0, 0.05) is 6.04 Å². The SMILES string of the molecule is CC[C@@H](N)COCc1cccc(OC(F)F)c1. The zero-order valence-electron chi connectivity index (χ0n) is 9.74. The third kappa shape index (κ3) is 5.60. The van der Waals surface area contributed by atoms with Crippen LogP contribution in [0.1, 0.15) is 18.9 Å². The van der Waals surface area contributed by atoms with Crippen molar-refractivity contribution in [3.8, 4) is 5.75 Å². The average molecular weight is 245 g/mol. The fraction of sp³-hybridized carbons (Fsp3) is 0.500. The van der Waals surface area contributed by atoms with Crippen LogP contribution in [0.25, 0.3) is 0 Å². The van der Waals surface area contributed by atoms with Crippen LogP contribution in [-0.4, -0.2) is 19.3 Å². The van der Waals surface area contributed by atoms with Crippen LogP contribution in [0.2, 0.25) is 0 Å². The summed E-state index contributed by atoms with van der Waals surface area (Å²) in [7, 11) is 0. The number of halogens is 2. The maximum Gasteiger partial charge on any atom is 0.387 e. The van der Waals surface area contributed by atoms with E-state index in [1.807, 2.05) is 6.92 Å². The summed E-state index contributed by atoms with van der Waals surface area (Å²) in [5.41, 5.74) is 6.47. The van der Waals surface area contributed by atoms with Crippen molar-refractivity contribution in [1.29, 1.82) is 0 Å². The summed E-state index contributed by atoms with van der Waals surface area (Å²) in [6, 6.07) is 6.46. The van der Waals surface area contributed by atoms with E-state index in [2.05, 4.69) is 4.74 Å². The molecule has 0 amide bonds. The van der Waals surface area contributed by atoms with E-state index in [1.165, 1.54) is 12.1 Å². The smallest absolute Gasteiger partial charge is 0.387 e. The summed E-state index contributed by atoms with van der Waals surface area (Å²) in [6.07, 6.45) is 0.842. The van der Waals surface area contributed by atoms with Crippen LogP contribution >= 0.6 is 0 Å². The molecule has 1 aromatic carbocycles. The summed E-state index contributed by atoms with van der Waals surface area (Å²) in [5, 5.41) is 0. The second kappa shape index (κ2) is 7.19. The summed E-state index contributed by atoms with van der Waals surface area (Å²) in [6.45, 7) is -0.0323. The van der Waals surface area contributed by atoms with Gasteiger partial charge in [0.1, 0.15) is 5.75 Å². The maximum atomic E-state index is 12.0. The molecule has 1 aromatic rings. The van der Waals surface area contributed by atoms with Crippen molar-refractivity contribution in [2.24, 2.45) is 5.73 Å². The van der Waals surface area contributed by atoms with Crippen LogP contribution in [-0.2, 0) is 11.3 Å². The highest BCUT2D eigenvalue weighted by Crippen LogP contribution is 2.16. The molecule has 1 rings (SSSR count). The van der Waals surface area contributed by atoms with Gasteiger partial charge in [-0.15, -0.1) is 0 Å². The van der Waals surface area contributed by atoms with Gasteiger partial charge in [0.05, 0.1) is 13.2 Å². The summed E-state index contributed by atoms with van der Waals surface area (Å²) >= 11 is 0. The van der Waals surface area contributed by atoms with Gasteiger partial charge in [-0.1, -0.05) is 19.1 Å². The highest BCUT2D eigenvalue weighted by atomic mass is 19.3. The lowest BCUT2D eigenvalue weighted by atomic mass is 10.2. The molecule has 0 aliphatic carbocycles. The van der Waals surface area contributed by atoms with E-state index in [-0.39, 0.29) is 11.8 Å². The third-order valence-electron chi connectivity index (χ3n) is 2.25. The largest absolute Gasteiger partial charge is 0.435 e. The minimum Gasteiger partial charge on any atom is -0.435 e. The number of benzene rings is 1. The molecular formula is C12H17F2NO2. The van der Waals surface area contributed by atoms with Crippen molar-refractivity contribution in [3.63, 3.8) is 0 Å². The number of rotatable bonds is 7. The molecule has 0 saturated heterocycles. The minimum absolute atomic E-state index is 0.00972. The first kappa shape index (κ1) is 13.9. The van der Waals surface area contributed by atoms with Crippen LogP contribution in [0, 0.1) is 0 Å². The molecule has 1 atom stereocenters. The van der Waals surface area contributed by atoms with Crippen molar-refractivity contribution >= 4 is 0 Å². The standard InChI is InChI=1S/C12H17F2NO2/c1-2-10(15)8-16-7-9-4-3-5-11(6-9)17-12(13)14/h3-6,10,12H,2,7-8,15H2,1H3/t10-/m1/s1. The molecule has 0 saturated carbocycles. The Morgan fingerprint density at radius 3 is 2.76 bits per heavy atom. The van der Waals surface area contributed by atoms with Crippen molar-refractivity contribution in [2.75, 3.05) is 6.61 Å². The van der Waals surface area contributed by atoms with Gasteiger partial charge >= 0.3 is 6.61 Å². The van der Waals surface area contributed by atoms with Gasteiger partial charge in [0.15, 0.2) is 0 Å². The first-order valence-corrected chi connectivity index (χ1v) is 5.49. The van der Waals surface area contributed by atoms with E-state index in [1.54, 1.807) is 12.1 Å². The Bertz CT molecular complexity index is 334. The number of hydrogen-bond donors (Lipinski definition) is 1. The van der Waals surface area contributed by atoms with Crippen LogP contribution in [0.5, 0.6) is 5.75 Å². The van der Waals surface area contributed by atoms with E-state index in [0.717, 1.165) is 12.0 Å². The van der Waals surface area contributed by atoms with E-state index >= 15 is 0 Å². The molecule has 0 heterocycles. The van der Waals surface area contributed by atoms with E-state index in [4.69, 9.17) is 10.5 Å². The Hall–Kier alpha value is -1.20. The topological polar surface area (TPSA) is 44.5 Å². The van der Waals surface area contributed by atoms with Gasteiger partial charge in [0.25, 0.3) is 0 Å². The lowest BCUT2D eigenvalue weighted by molar-refractivity contribution is -0.0499. The van der Waals surface area contributed by atoms with E-state index in [9.17, 15) is 8.78 Å². The van der Waals surface area contributed by atoms with Crippen LogP contribution < -0.4 is 10.5 Å². The monoisotopic (exact) mass is 245 g/mol. The second-order valence-corrected chi connectivity index (χ2v) is 3.71. The molecule has 3 nitrogen and oxygen atoms in total. The second-order valence-electron chi connectivity index (χ2n) is 3.71. The Labute approximate surface area is 99.5 Å². The molecule has 96 valence electrons. The predicted octanol–water partition coefficient (Wildman–Crippen LogP) is 2.54. The molecular weight excluding hydrogens is 228 g/mol. The number of nitrogens with two attached hydrogens (primary N) is 1. The molecule has 0 unspecified atom stereocenters. The first-order chi connectivity index (χ1) is 8.11. The fourth-order valence-electron chi connectivity index (χ4n) is 1.26. The first-order valence-electron chi connectivity index (χ1n) is 5.49. The van der Waals surface area contributed by atoms with Gasteiger partial charge in [-0.2, -0.15) is 8.78 Å². The lowest BCUT2D eigenvalue weighted by Gasteiger charge is -2.10. The molecule has 0 aliphatic rings. The minimum atomic E-state index is -2.81. The van der Waals surface area contributed by atoms with Gasteiger partial charge in [-0.3, -0.25) is 0 Å². The van der Waals surface area contributed by atoms with E-state index in [0.29, 0.717) is 13.2 Å². The molecule has 0 radical (unpaired) electrons. The third-order valence-corrected chi connectivity index (χ3v) is 2.25. The van der Waals surface area contributed by atoms with Gasteiger partial charge in [-0.05, 0) is 24.1 Å². The average Bonchev–Trinajstić information content (AvgIpc) is 2.28. The lowest BCUT2D eigenvalue weighted by Crippen LogP contribution is -2.24. The number of hydrogen-bond acceptors (Lipinski definition) is 3. The molecule has 0 spiro atoms. The van der Waals surface area contributed by atoms with Gasteiger partial charge in [-0.25, -0.2) is 0 Å². The number of ether oxygens (including phenoxy) is 2. The predicted molar refractivity (Wildman–Crippen MR) is 61.0 cm³/mol. The van der Waals surface area contributed by atoms with E-state index < -0.39 is 6.61 Å². The Kier molecular flexibility index (Phi) is 5.86. The van der Waals surface area contributed by atoms with Gasteiger partial charge < -0.3 is 15.2 Å². The van der Waals surface area contributed by atoms with Crippen LogP contribution in [0.15, 0.2) is 24.3 Å². The highest BCUT2D eigenvalue weighted by molar-refractivity contribution is 5.28. The summed E-state index contributed by atoms with van der Waals surface area (Å²) in [5.74, 6) is 0.140. The molecule has 2 N–H and O–H groups in total. The molecule has 0 fully saturated rings. The molecule has 0 aromatic heterocycles. The van der Waals surface area contributed by atoms with Crippen LogP contribution in [0.4, 0.5) is 8.78 Å². The Balaban J connectivity index is 2.43. The Morgan fingerprint density at radius 1 is 1.35 bits per heavy atom. The zero-order valence-corrected chi connectivity index (χ0v) is 9.74. The number of alkyl halides is 2. The van der Waals surface area contributed by atoms with Crippen molar-refractivity contribution in [2.45, 2.75) is 32.6 Å². The van der Waals surface area contributed by atoms with Crippen LogP contribution in [0.3, 0.4) is 0 Å². The normalized spacial score (nSPS) is 12.8. The molecule has 0 aliphatic heterocycles. The zero-order chi connectivity index (χ0) is 12.7. The van der Waals surface area contributed by atoms with Crippen molar-refractivity contribution in [1.82, 2.24) is 0 Å². The Morgan fingerprint density at radius 2 is 2.12 bits per heavy atom. The van der Waals surface area contributed by atoms with Crippen molar-refractivity contribution < 1.29 is 18.3 Å². The highest BCUT2D eigenvalue weighted by Gasteiger charge is 2.05. The molecule has 17 heavy (non-hydrogen) atoms. The maximum absolute atomic E-state index is 12.0. The summed E-state index contributed by atoms with van der Waals surface area (Å²) < 4.78 is 33.6.